The number of para-hydroxylation sites is 2. The van der Waals surface area contributed by atoms with Crippen LogP contribution in [0.4, 0.5) is 11.4 Å². The van der Waals surface area contributed by atoms with Gasteiger partial charge in [-0.05, 0) is 42.8 Å². The molecule has 0 radical (unpaired) electrons. The van der Waals surface area contributed by atoms with Crippen LogP contribution in [0.15, 0.2) is 78.9 Å². The fraction of sp³-hybridized carbons (Fsp3) is 0.167. The summed E-state index contributed by atoms with van der Waals surface area (Å²) in [5.41, 5.74) is 3.41. The highest BCUT2D eigenvalue weighted by molar-refractivity contribution is 8.03. The summed E-state index contributed by atoms with van der Waals surface area (Å²) in [4.78, 5) is 29.6. The smallest absolute Gasteiger partial charge is 0.269 e. The Morgan fingerprint density at radius 2 is 1.60 bits per heavy atom. The van der Waals surface area contributed by atoms with Gasteiger partial charge in [-0.1, -0.05) is 60.1 Å². The van der Waals surface area contributed by atoms with Gasteiger partial charge in [-0.25, -0.2) is 0 Å². The zero-order chi connectivity index (χ0) is 20.9. The van der Waals surface area contributed by atoms with Crippen LogP contribution in [0.25, 0.3) is 0 Å². The predicted octanol–water partition coefficient (Wildman–Crippen LogP) is 5.21. The number of nitrogens with zero attached hydrogens (tertiary/aromatic N) is 2. The van der Waals surface area contributed by atoms with Crippen LogP contribution >= 0.6 is 23.4 Å². The first kappa shape index (κ1) is 19.2. The number of carbonyl (C=O) groups is 2. The van der Waals surface area contributed by atoms with Gasteiger partial charge in [-0.15, -0.1) is 11.8 Å². The van der Waals surface area contributed by atoms with E-state index in [0.717, 1.165) is 22.5 Å². The van der Waals surface area contributed by atoms with Crippen LogP contribution in [-0.2, 0) is 21.0 Å². The lowest BCUT2D eigenvalue weighted by atomic mass is 10.0. The van der Waals surface area contributed by atoms with Crippen LogP contribution < -0.4 is 9.80 Å². The first-order valence-corrected chi connectivity index (χ1v) is 11.0. The van der Waals surface area contributed by atoms with Crippen LogP contribution in [0.1, 0.15) is 18.1 Å². The van der Waals surface area contributed by atoms with Crippen molar-refractivity contribution in [1.82, 2.24) is 0 Å². The van der Waals surface area contributed by atoms with Gasteiger partial charge >= 0.3 is 0 Å². The van der Waals surface area contributed by atoms with Crippen molar-refractivity contribution in [3.05, 3.63) is 95.0 Å². The quantitative estimate of drug-likeness (QED) is 0.568. The number of halogens is 1. The molecule has 1 saturated heterocycles. The Morgan fingerprint density at radius 1 is 0.933 bits per heavy atom. The largest absolute Gasteiger partial charge is 0.304 e. The zero-order valence-corrected chi connectivity index (χ0v) is 17.9. The molecule has 0 N–H and O–H groups in total. The van der Waals surface area contributed by atoms with Crippen molar-refractivity contribution in [2.45, 2.75) is 23.6 Å². The fourth-order valence-corrected chi connectivity index (χ4v) is 5.90. The van der Waals surface area contributed by atoms with E-state index < -0.39 is 4.87 Å². The highest BCUT2D eigenvalue weighted by Crippen LogP contribution is 2.57. The van der Waals surface area contributed by atoms with Crippen LogP contribution in [0.5, 0.6) is 0 Å². The molecule has 2 aliphatic rings. The van der Waals surface area contributed by atoms with Crippen molar-refractivity contribution in [3.63, 3.8) is 0 Å². The Bertz CT molecular complexity index is 1140. The average Bonchev–Trinajstić information content (AvgIpc) is 3.16. The van der Waals surface area contributed by atoms with E-state index >= 15 is 0 Å². The molecule has 6 heteroatoms. The summed E-state index contributed by atoms with van der Waals surface area (Å²) in [6, 6.07) is 24.7. The molecule has 2 heterocycles. The second kappa shape index (κ2) is 7.18. The molecule has 0 saturated carbocycles. The van der Waals surface area contributed by atoms with Gasteiger partial charge in [0.05, 0.1) is 17.5 Å². The average molecular weight is 435 g/mol. The molecule has 0 aliphatic carbocycles. The van der Waals surface area contributed by atoms with Crippen molar-refractivity contribution < 1.29 is 9.59 Å². The van der Waals surface area contributed by atoms with E-state index in [2.05, 4.69) is 0 Å². The van der Waals surface area contributed by atoms with Gasteiger partial charge in [0, 0.05) is 16.3 Å². The van der Waals surface area contributed by atoms with E-state index in [1.54, 1.807) is 9.80 Å². The molecule has 3 aromatic carbocycles. The number of carbonyl (C=O) groups excluding carboxylic acids is 2. The van der Waals surface area contributed by atoms with E-state index in [0.29, 0.717) is 11.6 Å². The third-order valence-electron chi connectivity index (χ3n) is 5.59. The normalized spacial score (nSPS) is 22.8. The Kier molecular flexibility index (Phi) is 4.60. The highest BCUT2D eigenvalue weighted by atomic mass is 35.5. The third kappa shape index (κ3) is 2.76. The monoisotopic (exact) mass is 434 g/mol. The minimum Gasteiger partial charge on any atom is -0.304 e. The fourth-order valence-electron chi connectivity index (χ4n) is 4.24. The topological polar surface area (TPSA) is 40.6 Å². The van der Waals surface area contributed by atoms with Crippen LogP contribution in [0.3, 0.4) is 0 Å². The van der Waals surface area contributed by atoms with Crippen molar-refractivity contribution in [3.8, 4) is 0 Å². The molecule has 2 atom stereocenters. The lowest BCUT2D eigenvalue weighted by Gasteiger charge is -2.33. The van der Waals surface area contributed by atoms with Crippen molar-refractivity contribution in [2.24, 2.45) is 0 Å². The summed E-state index contributed by atoms with van der Waals surface area (Å²) in [5.74, 6) is -0.145. The summed E-state index contributed by atoms with van der Waals surface area (Å²) in [7, 11) is 0. The number of hydrogen-bond donors (Lipinski definition) is 0. The number of benzene rings is 3. The van der Waals surface area contributed by atoms with Gasteiger partial charge in [0.15, 0.2) is 0 Å². The van der Waals surface area contributed by atoms with Gasteiger partial charge < -0.3 is 4.90 Å². The highest BCUT2D eigenvalue weighted by Gasteiger charge is 2.63. The number of anilines is 2. The molecule has 1 spiro atoms. The molecule has 4 nitrogen and oxygen atoms in total. The molecule has 0 aromatic heterocycles. The summed E-state index contributed by atoms with van der Waals surface area (Å²) in [6.07, 6.45) is 0. The van der Waals surface area contributed by atoms with Crippen molar-refractivity contribution in [2.75, 3.05) is 9.80 Å². The van der Waals surface area contributed by atoms with Gasteiger partial charge in [0.1, 0.15) is 0 Å². The molecule has 30 heavy (non-hydrogen) atoms. The summed E-state index contributed by atoms with van der Waals surface area (Å²) in [6.45, 7) is 2.29. The molecular weight excluding hydrogens is 416 g/mol. The molecular formula is C24H19ClN2O2S. The van der Waals surface area contributed by atoms with E-state index in [9.17, 15) is 9.59 Å². The maximum Gasteiger partial charge on any atom is 0.269 e. The van der Waals surface area contributed by atoms with E-state index in [-0.39, 0.29) is 17.1 Å². The Hall–Kier alpha value is -2.76. The van der Waals surface area contributed by atoms with Gasteiger partial charge in [0.25, 0.3) is 5.91 Å². The molecule has 3 aromatic rings. The summed E-state index contributed by atoms with van der Waals surface area (Å²) < 4.78 is 0. The standard InChI is InChI=1S/C24H19ClN2O2S/c1-16-22(28)27(19-7-3-2-4-8-19)24(30-16)20-9-5-6-10-21(20)26(23(24)29)15-17-11-13-18(25)14-12-17/h2-14,16H,15H2,1H3/t16-,24-/m0/s1. The van der Waals surface area contributed by atoms with Crippen LogP contribution in [0.2, 0.25) is 5.02 Å². The molecule has 5 rings (SSSR count). The number of rotatable bonds is 3. The predicted molar refractivity (Wildman–Crippen MR) is 122 cm³/mol. The maximum atomic E-state index is 14.0. The Balaban J connectivity index is 1.65. The minimum atomic E-state index is -1.10. The molecule has 1 fully saturated rings. The number of thioether (sulfide) groups is 1. The van der Waals surface area contributed by atoms with Crippen LogP contribution in [0, 0.1) is 0 Å². The van der Waals surface area contributed by atoms with Gasteiger partial charge in [-0.2, -0.15) is 0 Å². The lowest BCUT2D eigenvalue weighted by molar-refractivity contribution is -0.124. The summed E-state index contributed by atoms with van der Waals surface area (Å²) >= 11 is 7.45. The Morgan fingerprint density at radius 3 is 2.33 bits per heavy atom. The zero-order valence-electron chi connectivity index (χ0n) is 16.3. The number of hydrogen-bond acceptors (Lipinski definition) is 3. The lowest BCUT2D eigenvalue weighted by Crippen LogP contribution is -2.49. The SMILES string of the molecule is C[C@@H]1S[C@@]2(C(=O)N(Cc3ccc(Cl)cc3)c3ccccc32)N(c2ccccc2)C1=O. The van der Waals surface area contributed by atoms with Crippen molar-refractivity contribution >= 4 is 46.6 Å². The van der Waals surface area contributed by atoms with Crippen molar-refractivity contribution in [1.29, 1.82) is 0 Å². The molecule has 150 valence electrons. The first-order chi connectivity index (χ1) is 14.5. The van der Waals surface area contributed by atoms with Gasteiger partial charge in [0.2, 0.25) is 10.8 Å². The second-order valence-corrected chi connectivity index (χ2v) is 9.42. The van der Waals surface area contributed by atoms with E-state index in [1.807, 2.05) is 85.8 Å². The Labute approximate surface area is 184 Å². The molecule has 0 bridgehead atoms. The molecule has 0 unspecified atom stereocenters. The van der Waals surface area contributed by atoms with Crippen LogP contribution in [-0.4, -0.2) is 17.1 Å². The van der Waals surface area contributed by atoms with Gasteiger partial charge in [-0.3, -0.25) is 14.5 Å². The molecule has 2 aliphatic heterocycles. The van der Waals surface area contributed by atoms with E-state index in [4.69, 9.17) is 11.6 Å². The number of amides is 2. The minimum absolute atomic E-state index is 0.0531. The summed E-state index contributed by atoms with van der Waals surface area (Å²) in [5, 5.41) is 0.335. The maximum absolute atomic E-state index is 14.0. The molecule has 2 amide bonds. The second-order valence-electron chi connectivity index (χ2n) is 7.45. The first-order valence-electron chi connectivity index (χ1n) is 9.75. The number of fused-ring (bicyclic) bond motifs is 2. The van der Waals surface area contributed by atoms with E-state index in [1.165, 1.54) is 11.8 Å². The third-order valence-corrected chi connectivity index (χ3v) is 7.32.